The predicted octanol–water partition coefficient (Wildman–Crippen LogP) is 1.74. The van der Waals surface area contributed by atoms with Crippen molar-refractivity contribution in [2.24, 2.45) is 0 Å². The van der Waals surface area contributed by atoms with Crippen LogP contribution in [-0.2, 0) is 26.9 Å². The first-order valence-corrected chi connectivity index (χ1v) is 11.1. The molecular formula is C19H25N5O3S. The van der Waals surface area contributed by atoms with E-state index in [2.05, 4.69) is 10.1 Å². The Kier molecular flexibility index (Phi) is 4.75. The maximum atomic E-state index is 13.1. The number of hydrogen-bond donors (Lipinski definition) is 0. The minimum atomic E-state index is -3.28. The number of fused-ring (bicyclic) bond motifs is 2. The van der Waals surface area contributed by atoms with Gasteiger partial charge in [0.15, 0.2) is 0 Å². The van der Waals surface area contributed by atoms with Crippen molar-refractivity contribution >= 4 is 21.7 Å². The summed E-state index contributed by atoms with van der Waals surface area (Å²) in [7, 11) is -3.28. The van der Waals surface area contributed by atoms with Crippen LogP contribution >= 0.6 is 0 Å². The number of anilines is 1. The molecule has 0 N–H and O–H groups in total. The third-order valence-electron chi connectivity index (χ3n) is 5.83. The molecule has 4 heterocycles. The summed E-state index contributed by atoms with van der Waals surface area (Å²) in [6.45, 7) is 4.70. The lowest BCUT2D eigenvalue weighted by molar-refractivity contribution is -0.122. The maximum absolute atomic E-state index is 13.1. The van der Waals surface area contributed by atoms with E-state index in [9.17, 15) is 13.2 Å². The van der Waals surface area contributed by atoms with E-state index in [1.54, 1.807) is 41.6 Å². The van der Waals surface area contributed by atoms with E-state index in [1.165, 1.54) is 0 Å². The minimum absolute atomic E-state index is 0.0463. The van der Waals surface area contributed by atoms with Gasteiger partial charge in [-0.3, -0.25) is 14.7 Å². The fourth-order valence-electron chi connectivity index (χ4n) is 4.13. The lowest BCUT2D eigenvalue weighted by Crippen LogP contribution is -2.55. The molecule has 0 saturated carbocycles. The fourth-order valence-corrected chi connectivity index (χ4v) is 5.42. The molecule has 0 bridgehead atoms. The highest BCUT2D eigenvalue weighted by Crippen LogP contribution is 2.41. The number of carbonyl (C=O) groups excluding carboxylic acids is 1. The largest absolute Gasteiger partial charge is 0.292 e. The second-order valence-electron chi connectivity index (χ2n) is 7.83. The third-order valence-corrected chi connectivity index (χ3v) is 8.11. The van der Waals surface area contributed by atoms with Crippen LogP contribution in [0.2, 0.25) is 0 Å². The van der Waals surface area contributed by atoms with Crippen molar-refractivity contribution in [2.45, 2.75) is 50.4 Å². The first-order chi connectivity index (χ1) is 13.3. The Morgan fingerprint density at radius 2 is 1.79 bits per heavy atom. The number of pyridine rings is 1. The van der Waals surface area contributed by atoms with Gasteiger partial charge < -0.3 is 0 Å². The lowest BCUT2D eigenvalue weighted by atomic mass is 9.83. The van der Waals surface area contributed by atoms with Gasteiger partial charge in [-0.25, -0.2) is 17.4 Å². The first-order valence-electron chi connectivity index (χ1n) is 9.56. The van der Waals surface area contributed by atoms with Gasteiger partial charge in [0.25, 0.3) is 0 Å². The summed E-state index contributed by atoms with van der Waals surface area (Å²) in [6, 6.07) is 5.65. The van der Waals surface area contributed by atoms with Gasteiger partial charge in [0.05, 0.1) is 30.0 Å². The van der Waals surface area contributed by atoms with E-state index in [4.69, 9.17) is 0 Å². The summed E-state index contributed by atoms with van der Waals surface area (Å²) in [6.07, 6.45) is 6.65. The van der Waals surface area contributed by atoms with Crippen molar-refractivity contribution in [2.75, 3.05) is 18.0 Å². The van der Waals surface area contributed by atoms with Gasteiger partial charge in [0, 0.05) is 31.5 Å². The highest BCUT2D eigenvalue weighted by molar-refractivity contribution is 7.89. The maximum Gasteiger partial charge on any atom is 0.230 e. The third kappa shape index (κ3) is 3.12. The standard InChI is InChI=1S/C19H25N5O3S/c1-15(2)28(26,27)22-11-6-19(7-12-22)13-18(25)23(17-5-10-21-24(17)19)14-16-3-8-20-9-4-16/h3-5,8-10,15H,6-7,11-14H2,1-2H3. The zero-order valence-electron chi connectivity index (χ0n) is 16.2. The van der Waals surface area contributed by atoms with Crippen molar-refractivity contribution in [3.8, 4) is 0 Å². The van der Waals surface area contributed by atoms with Gasteiger partial charge in [-0.2, -0.15) is 5.10 Å². The molecule has 2 aliphatic heterocycles. The van der Waals surface area contributed by atoms with Gasteiger partial charge in [-0.15, -0.1) is 0 Å². The molecule has 150 valence electrons. The van der Waals surface area contributed by atoms with Crippen LogP contribution in [0.4, 0.5) is 5.82 Å². The Hall–Kier alpha value is -2.26. The number of nitrogens with zero attached hydrogens (tertiary/aromatic N) is 5. The number of amides is 1. The zero-order valence-corrected chi connectivity index (χ0v) is 17.0. The van der Waals surface area contributed by atoms with Crippen LogP contribution in [0.1, 0.15) is 38.7 Å². The molecule has 0 aliphatic carbocycles. The molecule has 28 heavy (non-hydrogen) atoms. The smallest absolute Gasteiger partial charge is 0.230 e. The molecule has 2 aromatic rings. The Balaban J connectivity index is 1.59. The highest BCUT2D eigenvalue weighted by atomic mass is 32.2. The van der Waals surface area contributed by atoms with E-state index >= 15 is 0 Å². The van der Waals surface area contributed by atoms with Crippen molar-refractivity contribution in [3.05, 3.63) is 42.4 Å². The molecule has 0 aromatic carbocycles. The average Bonchev–Trinajstić information content (AvgIpc) is 3.17. The molecule has 4 rings (SSSR count). The number of piperidine rings is 1. The Morgan fingerprint density at radius 1 is 1.11 bits per heavy atom. The summed E-state index contributed by atoms with van der Waals surface area (Å²) in [5.41, 5.74) is 0.554. The number of aromatic nitrogens is 3. The summed E-state index contributed by atoms with van der Waals surface area (Å²) in [4.78, 5) is 18.8. The molecule has 1 amide bonds. The number of carbonyl (C=O) groups is 1. The van der Waals surface area contributed by atoms with E-state index in [0.29, 0.717) is 38.9 Å². The lowest BCUT2D eigenvalue weighted by Gasteiger charge is -2.46. The molecule has 2 aromatic heterocycles. The monoisotopic (exact) mass is 403 g/mol. The van der Waals surface area contributed by atoms with E-state index < -0.39 is 20.8 Å². The molecule has 1 fully saturated rings. The van der Waals surface area contributed by atoms with Crippen LogP contribution in [0, 0.1) is 0 Å². The molecule has 1 saturated heterocycles. The van der Waals surface area contributed by atoms with Gasteiger partial charge >= 0.3 is 0 Å². The topological polar surface area (TPSA) is 88.4 Å². The first kappa shape index (κ1) is 19.1. The minimum Gasteiger partial charge on any atom is -0.292 e. The highest BCUT2D eigenvalue weighted by Gasteiger charge is 2.47. The van der Waals surface area contributed by atoms with Gasteiger partial charge in [-0.05, 0) is 44.4 Å². The molecule has 0 unspecified atom stereocenters. The second-order valence-corrected chi connectivity index (χ2v) is 10.3. The summed E-state index contributed by atoms with van der Waals surface area (Å²) in [5.74, 6) is 0.818. The fraction of sp³-hybridized carbons (Fsp3) is 0.526. The van der Waals surface area contributed by atoms with E-state index in [-0.39, 0.29) is 5.91 Å². The van der Waals surface area contributed by atoms with Gasteiger partial charge in [0.2, 0.25) is 15.9 Å². The predicted molar refractivity (Wildman–Crippen MR) is 105 cm³/mol. The normalized spacial score (nSPS) is 20.0. The Morgan fingerprint density at radius 3 is 2.43 bits per heavy atom. The molecule has 2 aliphatic rings. The summed E-state index contributed by atoms with van der Waals surface area (Å²) >= 11 is 0. The quantitative estimate of drug-likeness (QED) is 0.776. The van der Waals surface area contributed by atoms with Crippen molar-refractivity contribution < 1.29 is 13.2 Å². The van der Waals surface area contributed by atoms with E-state index in [1.807, 2.05) is 22.9 Å². The van der Waals surface area contributed by atoms with Crippen LogP contribution in [0.5, 0.6) is 0 Å². The molecule has 0 radical (unpaired) electrons. The van der Waals surface area contributed by atoms with Gasteiger partial charge in [-0.1, -0.05) is 0 Å². The summed E-state index contributed by atoms with van der Waals surface area (Å²) < 4.78 is 28.5. The molecule has 9 heteroatoms. The summed E-state index contributed by atoms with van der Waals surface area (Å²) in [5, 5.41) is 4.09. The van der Waals surface area contributed by atoms with Crippen molar-refractivity contribution in [1.82, 2.24) is 19.1 Å². The number of rotatable bonds is 4. The zero-order chi connectivity index (χ0) is 19.9. The van der Waals surface area contributed by atoms with Crippen LogP contribution in [0.15, 0.2) is 36.8 Å². The SMILES string of the molecule is CC(C)S(=O)(=O)N1CCC2(CC1)CC(=O)N(Cc1ccncc1)c1ccnn12. The average molecular weight is 404 g/mol. The van der Waals surface area contributed by atoms with E-state index in [0.717, 1.165) is 11.4 Å². The molecule has 1 spiro atoms. The Labute approximate surface area is 165 Å². The molecule has 0 atom stereocenters. The molecular weight excluding hydrogens is 378 g/mol. The van der Waals surface area contributed by atoms with Crippen LogP contribution in [-0.4, -0.2) is 51.7 Å². The Bertz CT molecular complexity index is 962. The van der Waals surface area contributed by atoms with Crippen molar-refractivity contribution in [3.63, 3.8) is 0 Å². The van der Waals surface area contributed by atoms with Crippen LogP contribution < -0.4 is 4.90 Å². The van der Waals surface area contributed by atoms with Gasteiger partial charge in [0.1, 0.15) is 5.82 Å². The van der Waals surface area contributed by atoms with Crippen molar-refractivity contribution in [1.29, 1.82) is 0 Å². The van der Waals surface area contributed by atoms with Crippen LogP contribution in [0.25, 0.3) is 0 Å². The number of hydrogen-bond acceptors (Lipinski definition) is 5. The molecule has 8 nitrogen and oxygen atoms in total. The van der Waals surface area contributed by atoms with Crippen LogP contribution in [0.3, 0.4) is 0 Å². The number of sulfonamides is 1. The second kappa shape index (κ2) is 6.97.